The molecule has 0 radical (unpaired) electrons. The first-order valence-electron chi connectivity index (χ1n) is 11.8. The van der Waals surface area contributed by atoms with Gasteiger partial charge in [-0.3, -0.25) is 9.59 Å². The van der Waals surface area contributed by atoms with Crippen molar-refractivity contribution in [3.05, 3.63) is 94.5 Å². The first-order chi connectivity index (χ1) is 17.0. The standard InChI is InChI=1S/C28H29ClN2O4/c1-2-30-28(33)24(16-20-6-4-3-5-7-20)31(18-22-8-12-23(29)13-9-22)27(32)15-11-21-10-14-25-26(17-21)35-19-34-25/h3-10,12-14,17,24H,2,11,15-16,18-19H2,1H3,(H,30,33)/t24-/m1/s1. The SMILES string of the molecule is CCNC(=O)[C@@H](Cc1ccccc1)N(Cc1ccc(Cl)cc1)C(=O)CCc1ccc2c(c1)OCO2. The molecule has 182 valence electrons. The molecule has 1 N–H and O–H groups in total. The summed E-state index contributed by atoms with van der Waals surface area (Å²) in [5, 5.41) is 3.54. The molecule has 1 atom stereocenters. The number of fused-ring (bicyclic) bond motifs is 1. The minimum atomic E-state index is -0.641. The Morgan fingerprint density at radius 3 is 2.40 bits per heavy atom. The molecule has 1 heterocycles. The molecule has 1 aliphatic rings. The maximum atomic E-state index is 13.6. The Morgan fingerprint density at radius 1 is 0.943 bits per heavy atom. The number of carbonyl (C=O) groups is 2. The summed E-state index contributed by atoms with van der Waals surface area (Å²) in [6.07, 6.45) is 1.22. The van der Waals surface area contributed by atoms with Gasteiger partial charge in [0.1, 0.15) is 6.04 Å². The Kier molecular flexibility index (Phi) is 8.27. The van der Waals surface area contributed by atoms with Crippen LogP contribution >= 0.6 is 11.6 Å². The Morgan fingerprint density at radius 2 is 1.66 bits per heavy atom. The van der Waals surface area contributed by atoms with E-state index in [9.17, 15) is 9.59 Å². The lowest BCUT2D eigenvalue weighted by Gasteiger charge is -2.31. The fourth-order valence-corrected chi connectivity index (χ4v) is 4.25. The van der Waals surface area contributed by atoms with Gasteiger partial charge in [0.25, 0.3) is 0 Å². The molecule has 6 nitrogen and oxygen atoms in total. The molecule has 4 rings (SSSR count). The molecule has 35 heavy (non-hydrogen) atoms. The van der Waals surface area contributed by atoms with Crippen LogP contribution < -0.4 is 14.8 Å². The zero-order valence-electron chi connectivity index (χ0n) is 19.7. The van der Waals surface area contributed by atoms with Gasteiger partial charge < -0.3 is 19.7 Å². The van der Waals surface area contributed by atoms with Crippen LogP contribution in [0.2, 0.25) is 5.02 Å². The average molecular weight is 493 g/mol. The van der Waals surface area contributed by atoms with Crippen LogP contribution in [0.1, 0.15) is 30.0 Å². The number of nitrogens with one attached hydrogen (secondary N) is 1. The van der Waals surface area contributed by atoms with Gasteiger partial charge in [0.05, 0.1) is 0 Å². The highest BCUT2D eigenvalue weighted by Gasteiger charge is 2.30. The van der Waals surface area contributed by atoms with Crippen molar-refractivity contribution in [3.63, 3.8) is 0 Å². The van der Waals surface area contributed by atoms with Crippen LogP contribution in [-0.2, 0) is 29.0 Å². The Labute approximate surface area is 210 Å². The van der Waals surface area contributed by atoms with Crippen LogP contribution in [0.4, 0.5) is 0 Å². The lowest BCUT2D eigenvalue weighted by Crippen LogP contribution is -2.50. The van der Waals surface area contributed by atoms with E-state index in [0.29, 0.717) is 42.5 Å². The van der Waals surface area contributed by atoms with Crippen LogP contribution in [0, 0.1) is 0 Å². The normalized spacial score (nSPS) is 12.7. The third kappa shape index (κ3) is 6.55. The molecule has 0 saturated carbocycles. The molecule has 0 aromatic heterocycles. The second-order valence-electron chi connectivity index (χ2n) is 8.44. The van der Waals surface area contributed by atoms with Crippen LogP contribution in [0.5, 0.6) is 11.5 Å². The Bertz CT molecular complexity index is 1150. The summed E-state index contributed by atoms with van der Waals surface area (Å²) in [4.78, 5) is 28.5. The fourth-order valence-electron chi connectivity index (χ4n) is 4.12. The number of halogens is 1. The quantitative estimate of drug-likeness (QED) is 0.442. The fraction of sp³-hybridized carbons (Fsp3) is 0.286. The van der Waals surface area contributed by atoms with E-state index in [1.807, 2.05) is 67.6 Å². The van der Waals surface area contributed by atoms with E-state index in [1.54, 1.807) is 17.0 Å². The maximum Gasteiger partial charge on any atom is 0.243 e. The predicted molar refractivity (Wildman–Crippen MR) is 136 cm³/mol. The van der Waals surface area contributed by atoms with E-state index in [2.05, 4.69) is 5.32 Å². The van der Waals surface area contributed by atoms with E-state index in [4.69, 9.17) is 21.1 Å². The highest BCUT2D eigenvalue weighted by molar-refractivity contribution is 6.30. The van der Waals surface area contributed by atoms with Crippen LogP contribution in [0.3, 0.4) is 0 Å². The molecule has 0 spiro atoms. The van der Waals surface area contributed by atoms with Gasteiger partial charge in [-0.25, -0.2) is 0 Å². The van der Waals surface area contributed by atoms with Gasteiger partial charge >= 0.3 is 0 Å². The number of rotatable bonds is 10. The van der Waals surface area contributed by atoms with Crippen molar-refractivity contribution in [2.24, 2.45) is 0 Å². The van der Waals surface area contributed by atoms with Gasteiger partial charge in [-0.15, -0.1) is 0 Å². The van der Waals surface area contributed by atoms with Crippen molar-refractivity contribution >= 4 is 23.4 Å². The van der Waals surface area contributed by atoms with Crippen LogP contribution in [0.15, 0.2) is 72.8 Å². The lowest BCUT2D eigenvalue weighted by atomic mass is 10.0. The first-order valence-corrected chi connectivity index (χ1v) is 12.2. The number of hydrogen-bond donors (Lipinski definition) is 1. The summed E-state index contributed by atoms with van der Waals surface area (Å²) < 4.78 is 10.8. The first kappa shape index (κ1) is 24.6. The van der Waals surface area contributed by atoms with Crippen molar-refractivity contribution in [2.75, 3.05) is 13.3 Å². The molecular weight excluding hydrogens is 464 g/mol. The van der Waals surface area contributed by atoms with Crippen molar-refractivity contribution < 1.29 is 19.1 Å². The number of aryl methyl sites for hydroxylation is 1. The second-order valence-corrected chi connectivity index (χ2v) is 8.87. The van der Waals surface area contributed by atoms with E-state index < -0.39 is 6.04 Å². The summed E-state index contributed by atoms with van der Waals surface area (Å²) in [6, 6.07) is 22.2. The molecule has 7 heteroatoms. The molecule has 0 unspecified atom stereocenters. The van der Waals surface area contributed by atoms with Gasteiger partial charge in [-0.05, 0) is 54.3 Å². The minimum absolute atomic E-state index is 0.0928. The number of amides is 2. The molecule has 0 aliphatic carbocycles. The minimum Gasteiger partial charge on any atom is -0.454 e. The summed E-state index contributed by atoms with van der Waals surface area (Å²) in [5.74, 6) is 1.15. The van der Waals surface area contributed by atoms with Gasteiger partial charge in [0.15, 0.2) is 11.5 Å². The van der Waals surface area contributed by atoms with Crippen molar-refractivity contribution in [3.8, 4) is 11.5 Å². The largest absolute Gasteiger partial charge is 0.454 e. The van der Waals surface area contributed by atoms with Crippen molar-refractivity contribution in [1.82, 2.24) is 10.2 Å². The van der Waals surface area contributed by atoms with E-state index in [1.165, 1.54) is 0 Å². The van der Waals surface area contributed by atoms with E-state index in [0.717, 1.165) is 16.7 Å². The third-order valence-electron chi connectivity index (χ3n) is 5.95. The average Bonchev–Trinajstić information content (AvgIpc) is 3.34. The lowest BCUT2D eigenvalue weighted by molar-refractivity contribution is -0.141. The summed E-state index contributed by atoms with van der Waals surface area (Å²) in [6.45, 7) is 2.89. The van der Waals surface area contributed by atoms with E-state index >= 15 is 0 Å². The van der Waals surface area contributed by atoms with Gasteiger partial charge in [0, 0.05) is 31.0 Å². The molecule has 3 aromatic carbocycles. The highest BCUT2D eigenvalue weighted by atomic mass is 35.5. The molecule has 0 fully saturated rings. The van der Waals surface area contributed by atoms with Gasteiger partial charge in [-0.1, -0.05) is 60.1 Å². The van der Waals surface area contributed by atoms with Crippen LogP contribution in [0.25, 0.3) is 0 Å². The van der Waals surface area contributed by atoms with Gasteiger partial charge in [-0.2, -0.15) is 0 Å². The Hall–Kier alpha value is -3.51. The molecule has 0 saturated heterocycles. The number of ether oxygens (including phenoxy) is 2. The third-order valence-corrected chi connectivity index (χ3v) is 6.20. The highest BCUT2D eigenvalue weighted by Crippen LogP contribution is 2.33. The number of likely N-dealkylation sites (N-methyl/N-ethyl adjacent to an activating group) is 1. The maximum absolute atomic E-state index is 13.6. The molecule has 0 bridgehead atoms. The number of hydrogen-bond acceptors (Lipinski definition) is 4. The van der Waals surface area contributed by atoms with Crippen LogP contribution in [-0.4, -0.2) is 36.1 Å². The second kappa shape index (κ2) is 11.8. The smallest absolute Gasteiger partial charge is 0.243 e. The predicted octanol–water partition coefficient (Wildman–Crippen LogP) is 4.78. The van der Waals surface area contributed by atoms with Crippen molar-refractivity contribution in [2.45, 2.75) is 38.8 Å². The van der Waals surface area contributed by atoms with E-state index in [-0.39, 0.29) is 25.0 Å². The molecule has 3 aromatic rings. The molecule has 1 aliphatic heterocycles. The number of nitrogens with zero attached hydrogens (tertiary/aromatic N) is 1. The Balaban J connectivity index is 1.57. The molecule has 2 amide bonds. The number of benzene rings is 3. The van der Waals surface area contributed by atoms with Gasteiger partial charge in [0.2, 0.25) is 18.6 Å². The zero-order valence-corrected chi connectivity index (χ0v) is 20.5. The monoisotopic (exact) mass is 492 g/mol. The zero-order chi connectivity index (χ0) is 24.6. The number of carbonyl (C=O) groups excluding carboxylic acids is 2. The summed E-state index contributed by atoms with van der Waals surface area (Å²) >= 11 is 6.07. The summed E-state index contributed by atoms with van der Waals surface area (Å²) in [7, 11) is 0. The molecular formula is C28H29ClN2O4. The topological polar surface area (TPSA) is 67.9 Å². The van der Waals surface area contributed by atoms with Crippen molar-refractivity contribution in [1.29, 1.82) is 0 Å². The summed E-state index contributed by atoms with van der Waals surface area (Å²) in [5.41, 5.74) is 2.88.